The number of nitriles is 1. The molecule has 0 aliphatic heterocycles. The fraction of sp³-hybridized carbons (Fsp3) is 0.368. The number of fused-ring (bicyclic) bond motifs is 1. The van der Waals surface area contributed by atoms with E-state index in [0.29, 0.717) is 12.0 Å². The van der Waals surface area contributed by atoms with Crippen molar-refractivity contribution in [2.75, 3.05) is 11.1 Å². The molecule has 0 fully saturated rings. The minimum atomic E-state index is -0.0546. The summed E-state index contributed by atoms with van der Waals surface area (Å²) in [6.07, 6.45) is 4.63. The maximum Gasteiger partial charge on any atom is 0.229 e. The van der Waals surface area contributed by atoms with E-state index in [-0.39, 0.29) is 5.91 Å². The predicted octanol–water partition coefficient (Wildman–Crippen LogP) is 4.79. The molecular weight excluding hydrogens is 336 g/mol. The van der Waals surface area contributed by atoms with Gasteiger partial charge in [-0.05, 0) is 54.7 Å². The van der Waals surface area contributed by atoms with Crippen molar-refractivity contribution >= 4 is 34.0 Å². The average molecular weight is 357 g/mol. The summed E-state index contributed by atoms with van der Waals surface area (Å²) in [5.41, 5.74) is 2.83. The molecule has 3 nitrogen and oxygen atoms in total. The molecule has 0 spiro atoms. The monoisotopic (exact) mass is 356 g/mol. The van der Waals surface area contributed by atoms with E-state index in [1.807, 2.05) is 12.1 Å². The zero-order valence-corrected chi connectivity index (χ0v) is 15.4. The van der Waals surface area contributed by atoms with Gasteiger partial charge in [0, 0.05) is 9.77 Å². The normalized spacial score (nSPS) is 13.2. The molecule has 1 heterocycles. The third-order valence-corrected chi connectivity index (χ3v) is 6.24. The van der Waals surface area contributed by atoms with Crippen LogP contribution in [0.2, 0.25) is 0 Å². The number of amides is 1. The number of thiophene rings is 1. The van der Waals surface area contributed by atoms with Gasteiger partial charge >= 0.3 is 0 Å². The first-order valence-corrected chi connectivity index (χ1v) is 10.1. The molecule has 0 unspecified atom stereocenters. The molecule has 0 atom stereocenters. The number of aryl methyl sites for hydroxylation is 1. The zero-order valence-electron chi connectivity index (χ0n) is 13.7. The second-order valence-electron chi connectivity index (χ2n) is 5.83. The molecule has 124 valence electrons. The molecular formula is C19H20N2OS2. The fourth-order valence-electron chi connectivity index (χ4n) is 3.00. The molecule has 3 rings (SSSR count). The molecule has 0 saturated heterocycles. The van der Waals surface area contributed by atoms with Crippen LogP contribution in [0.4, 0.5) is 5.00 Å². The fourth-order valence-corrected chi connectivity index (χ4v) is 4.92. The predicted molar refractivity (Wildman–Crippen MR) is 101 cm³/mol. The van der Waals surface area contributed by atoms with Crippen LogP contribution in [0.25, 0.3) is 0 Å². The van der Waals surface area contributed by atoms with Crippen LogP contribution in [0.15, 0.2) is 29.2 Å². The van der Waals surface area contributed by atoms with Gasteiger partial charge in [0.1, 0.15) is 11.1 Å². The Hall–Kier alpha value is -1.77. The lowest BCUT2D eigenvalue weighted by molar-refractivity contribution is -0.115. The Balaban J connectivity index is 1.69. The quantitative estimate of drug-likeness (QED) is 0.784. The highest BCUT2D eigenvalue weighted by atomic mass is 32.2. The van der Waals surface area contributed by atoms with E-state index in [1.165, 1.54) is 16.2 Å². The van der Waals surface area contributed by atoms with E-state index >= 15 is 0 Å². The number of thioether (sulfide) groups is 1. The van der Waals surface area contributed by atoms with E-state index in [2.05, 4.69) is 30.4 Å². The topological polar surface area (TPSA) is 52.9 Å². The molecule has 2 aromatic rings. The number of nitrogens with one attached hydrogen (secondary N) is 1. The van der Waals surface area contributed by atoms with Gasteiger partial charge in [-0.3, -0.25) is 4.79 Å². The standard InChI is InChI=1S/C19H20N2OS2/c1-2-23-14-9-7-13(8-10-14)11-18(22)21-19-16(12-20)15-5-3-4-6-17(15)24-19/h7-10H,2-6,11H2,1H3,(H,21,22). The SMILES string of the molecule is CCSc1ccc(CC(=O)Nc2sc3c(c2C#N)CCCC3)cc1. The minimum absolute atomic E-state index is 0.0546. The molecule has 0 radical (unpaired) electrons. The zero-order chi connectivity index (χ0) is 16.9. The van der Waals surface area contributed by atoms with Gasteiger partial charge in [0.25, 0.3) is 0 Å². The Bertz CT molecular complexity index is 772. The number of rotatable bonds is 5. The minimum Gasteiger partial charge on any atom is -0.316 e. The van der Waals surface area contributed by atoms with Gasteiger partial charge in [0.2, 0.25) is 5.91 Å². The van der Waals surface area contributed by atoms with E-state index in [1.54, 1.807) is 23.1 Å². The summed E-state index contributed by atoms with van der Waals surface area (Å²) in [5, 5.41) is 13.1. The Labute approximate surface area is 151 Å². The van der Waals surface area contributed by atoms with Crippen LogP contribution in [0.1, 0.15) is 41.3 Å². The summed E-state index contributed by atoms with van der Waals surface area (Å²) in [4.78, 5) is 14.8. The number of carbonyl (C=O) groups excluding carboxylic acids is 1. The third kappa shape index (κ3) is 3.82. The van der Waals surface area contributed by atoms with Crippen molar-refractivity contribution in [3.8, 4) is 6.07 Å². The van der Waals surface area contributed by atoms with E-state index in [9.17, 15) is 10.1 Å². The molecule has 1 aromatic heterocycles. The van der Waals surface area contributed by atoms with Gasteiger partial charge in [0.05, 0.1) is 12.0 Å². The van der Waals surface area contributed by atoms with E-state index in [4.69, 9.17) is 0 Å². The maximum absolute atomic E-state index is 12.4. The summed E-state index contributed by atoms with van der Waals surface area (Å²) in [6.45, 7) is 2.12. The lowest BCUT2D eigenvalue weighted by atomic mass is 9.96. The Kier molecular flexibility index (Phi) is 5.60. The first-order valence-electron chi connectivity index (χ1n) is 8.27. The molecule has 1 amide bonds. The van der Waals surface area contributed by atoms with Crippen LogP contribution in [-0.4, -0.2) is 11.7 Å². The Morgan fingerprint density at radius 2 is 2.04 bits per heavy atom. The van der Waals surface area contributed by atoms with Gasteiger partial charge in [-0.25, -0.2) is 0 Å². The molecule has 0 saturated carbocycles. The smallest absolute Gasteiger partial charge is 0.229 e. The maximum atomic E-state index is 12.4. The lowest BCUT2D eigenvalue weighted by Crippen LogP contribution is -2.14. The molecule has 1 aliphatic rings. The molecule has 1 N–H and O–H groups in total. The van der Waals surface area contributed by atoms with Crippen molar-refractivity contribution in [1.82, 2.24) is 0 Å². The molecule has 5 heteroatoms. The number of carbonyl (C=O) groups is 1. The first kappa shape index (κ1) is 17.1. The van der Waals surface area contributed by atoms with Gasteiger partial charge in [-0.1, -0.05) is 19.1 Å². The molecule has 1 aliphatic carbocycles. The van der Waals surface area contributed by atoms with Gasteiger partial charge in [-0.15, -0.1) is 23.1 Å². The number of hydrogen-bond donors (Lipinski definition) is 1. The van der Waals surface area contributed by atoms with Gasteiger partial charge in [0.15, 0.2) is 0 Å². The largest absolute Gasteiger partial charge is 0.316 e. The third-order valence-electron chi connectivity index (χ3n) is 4.14. The highest BCUT2D eigenvalue weighted by Crippen LogP contribution is 2.37. The van der Waals surface area contributed by atoms with Crippen molar-refractivity contribution in [2.45, 2.75) is 43.9 Å². The van der Waals surface area contributed by atoms with Crippen molar-refractivity contribution < 1.29 is 4.79 Å². The Morgan fingerprint density at radius 3 is 2.75 bits per heavy atom. The van der Waals surface area contributed by atoms with Crippen LogP contribution in [0, 0.1) is 11.3 Å². The van der Waals surface area contributed by atoms with Crippen LogP contribution >= 0.6 is 23.1 Å². The van der Waals surface area contributed by atoms with Crippen LogP contribution < -0.4 is 5.32 Å². The van der Waals surface area contributed by atoms with Crippen LogP contribution in [0.3, 0.4) is 0 Å². The second-order valence-corrected chi connectivity index (χ2v) is 8.27. The van der Waals surface area contributed by atoms with Crippen molar-refractivity contribution in [2.24, 2.45) is 0 Å². The second kappa shape index (κ2) is 7.87. The van der Waals surface area contributed by atoms with E-state index in [0.717, 1.165) is 41.1 Å². The summed E-state index contributed by atoms with van der Waals surface area (Å²) in [5.74, 6) is 0.987. The van der Waals surface area contributed by atoms with Crippen molar-refractivity contribution in [3.05, 3.63) is 45.8 Å². The summed E-state index contributed by atoms with van der Waals surface area (Å²) in [6, 6.07) is 10.4. The number of hydrogen-bond acceptors (Lipinski definition) is 4. The lowest BCUT2D eigenvalue weighted by Gasteiger charge is -2.09. The number of anilines is 1. The van der Waals surface area contributed by atoms with Crippen LogP contribution in [-0.2, 0) is 24.1 Å². The Morgan fingerprint density at radius 1 is 1.29 bits per heavy atom. The number of nitrogens with zero attached hydrogens (tertiary/aromatic N) is 1. The summed E-state index contributed by atoms with van der Waals surface area (Å²) >= 11 is 3.37. The van der Waals surface area contributed by atoms with Crippen molar-refractivity contribution in [3.63, 3.8) is 0 Å². The molecule has 24 heavy (non-hydrogen) atoms. The van der Waals surface area contributed by atoms with E-state index < -0.39 is 0 Å². The molecule has 0 bridgehead atoms. The highest BCUT2D eigenvalue weighted by molar-refractivity contribution is 7.99. The summed E-state index contributed by atoms with van der Waals surface area (Å²) in [7, 11) is 0. The van der Waals surface area contributed by atoms with Gasteiger partial charge < -0.3 is 5.32 Å². The molecule has 1 aromatic carbocycles. The summed E-state index contributed by atoms with van der Waals surface area (Å²) < 4.78 is 0. The van der Waals surface area contributed by atoms with Crippen LogP contribution in [0.5, 0.6) is 0 Å². The van der Waals surface area contributed by atoms with Gasteiger partial charge in [-0.2, -0.15) is 5.26 Å². The average Bonchev–Trinajstić information content (AvgIpc) is 2.93. The number of benzene rings is 1. The first-order chi connectivity index (χ1) is 11.7. The highest BCUT2D eigenvalue weighted by Gasteiger charge is 2.21. The van der Waals surface area contributed by atoms with Crippen molar-refractivity contribution in [1.29, 1.82) is 5.26 Å².